The summed E-state index contributed by atoms with van der Waals surface area (Å²) in [6.45, 7) is 4.56. The molecule has 0 radical (unpaired) electrons. The second kappa shape index (κ2) is 4.82. The topological polar surface area (TPSA) is 53.1 Å². The van der Waals surface area contributed by atoms with Crippen LogP contribution >= 0.6 is 0 Å². The number of nitrogens with zero attached hydrogens (tertiary/aromatic N) is 2. The first-order valence-corrected chi connectivity index (χ1v) is 5.99. The molecule has 0 saturated heterocycles. The molecule has 0 aliphatic carbocycles. The van der Waals surface area contributed by atoms with Gasteiger partial charge in [-0.05, 0) is 31.5 Å². The largest absolute Gasteiger partial charge is 0.480 e. The van der Waals surface area contributed by atoms with E-state index in [1.165, 1.54) is 0 Å². The van der Waals surface area contributed by atoms with Crippen molar-refractivity contribution in [2.24, 2.45) is 12.8 Å². The Morgan fingerprint density at radius 1 is 1.28 bits per heavy atom. The fourth-order valence-electron chi connectivity index (χ4n) is 1.98. The lowest BCUT2D eigenvalue weighted by atomic mass is 10.1. The smallest absolute Gasteiger partial charge is 0.161 e. The van der Waals surface area contributed by atoms with Crippen molar-refractivity contribution in [2.45, 2.75) is 26.0 Å². The maximum atomic E-state index is 6.00. The van der Waals surface area contributed by atoms with Crippen molar-refractivity contribution in [1.82, 2.24) is 9.55 Å². The van der Waals surface area contributed by atoms with Crippen LogP contribution in [0.4, 0.5) is 0 Å². The Morgan fingerprint density at radius 3 is 2.44 bits per heavy atom. The predicted octanol–water partition coefficient (Wildman–Crippen LogP) is 2.19. The average molecular weight is 245 g/mol. The van der Waals surface area contributed by atoms with Gasteiger partial charge in [-0.25, -0.2) is 4.98 Å². The number of hydrogen-bond donors (Lipinski definition) is 1. The fourth-order valence-corrected chi connectivity index (χ4v) is 1.98. The summed E-state index contributed by atoms with van der Waals surface area (Å²) in [6.07, 6.45) is 3.69. The molecule has 0 aliphatic heterocycles. The van der Waals surface area contributed by atoms with E-state index in [9.17, 15) is 0 Å². The Balaban J connectivity index is 2.19. The number of aryl methyl sites for hydroxylation is 1. The van der Waals surface area contributed by atoms with E-state index < -0.39 is 5.60 Å². The molecule has 4 nitrogen and oxygen atoms in total. The lowest BCUT2D eigenvalue weighted by Gasteiger charge is -2.26. The van der Waals surface area contributed by atoms with Gasteiger partial charge in [0.1, 0.15) is 5.75 Å². The maximum absolute atomic E-state index is 6.00. The van der Waals surface area contributed by atoms with Gasteiger partial charge in [0.15, 0.2) is 11.4 Å². The fraction of sp³-hybridized carbons (Fsp3) is 0.357. The van der Waals surface area contributed by atoms with Crippen LogP contribution in [-0.2, 0) is 19.2 Å². The SMILES string of the molecule is Cn1ccnc1C(C)(C)Oc1ccc(CN)cc1. The average Bonchev–Trinajstić information content (AvgIpc) is 2.77. The molecule has 0 amide bonds. The molecular weight excluding hydrogens is 226 g/mol. The molecular formula is C14H19N3O. The Hall–Kier alpha value is -1.81. The molecule has 0 bridgehead atoms. The Morgan fingerprint density at radius 2 is 1.94 bits per heavy atom. The van der Waals surface area contributed by atoms with Crippen LogP contribution in [0.25, 0.3) is 0 Å². The minimum absolute atomic E-state index is 0.470. The van der Waals surface area contributed by atoms with Crippen LogP contribution in [0.5, 0.6) is 5.75 Å². The second-order valence-corrected chi connectivity index (χ2v) is 4.82. The lowest BCUT2D eigenvalue weighted by Crippen LogP contribution is -2.28. The van der Waals surface area contributed by atoms with Gasteiger partial charge >= 0.3 is 0 Å². The van der Waals surface area contributed by atoms with E-state index in [1.807, 2.05) is 55.9 Å². The first kappa shape index (κ1) is 12.6. The summed E-state index contributed by atoms with van der Waals surface area (Å²) in [4.78, 5) is 4.34. The van der Waals surface area contributed by atoms with E-state index in [0.717, 1.165) is 17.1 Å². The van der Waals surface area contributed by atoms with E-state index in [0.29, 0.717) is 6.54 Å². The zero-order valence-corrected chi connectivity index (χ0v) is 11.1. The van der Waals surface area contributed by atoms with Crippen LogP contribution < -0.4 is 10.5 Å². The predicted molar refractivity (Wildman–Crippen MR) is 71.2 cm³/mol. The minimum Gasteiger partial charge on any atom is -0.480 e. The van der Waals surface area contributed by atoms with E-state index in [4.69, 9.17) is 10.5 Å². The third kappa shape index (κ3) is 2.54. The molecule has 18 heavy (non-hydrogen) atoms. The van der Waals surface area contributed by atoms with Gasteiger partial charge in [-0.3, -0.25) is 0 Å². The van der Waals surface area contributed by atoms with Crippen LogP contribution in [0, 0.1) is 0 Å². The molecule has 0 fully saturated rings. The zero-order valence-electron chi connectivity index (χ0n) is 11.1. The molecule has 0 atom stereocenters. The third-order valence-electron chi connectivity index (χ3n) is 2.89. The highest BCUT2D eigenvalue weighted by atomic mass is 16.5. The summed E-state index contributed by atoms with van der Waals surface area (Å²) in [6, 6.07) is 7.83. The van der Waals surface area contributed by atoms with Gasteiger partial charge in [-0.2, -0.15) is 0 Å². The van der Waals surface area contributed by atoms with Crippen molar-refractivity contribution >= 4 is 0 Å². The molecule has 0 aliphatic rings. The molecule has 2 rings (SSSR count). The molecule has 1 aromatic heterocycles. The number of aromatic nitrogens is 2. The van der Waals surface area contributed by atoms with Gasteiger partial charge in [0.2, 0.25) is 0 Å². The summed E-state index contributed by atoms with van der Waals surface area (Å²) < 4.78 is 7.97. The third-order valence-corrected chi connectivity index (χ3v) is 2.89. The van der Waals surface area contributed by atoms with E-state index in [-0.39, 0.29) is 0 Å². The van der Waals surface area contributed by atoms with Crippen molar-refractivity contribution in [2.75, 3.05) is 0 Å². The number of rotatable bonds is 4. The molecule has 2 N–H and O–H groups in total. The number of ether oxygens (including phenoxy) is 1. The minimum atomic E-state index is -0.470. The van der Waals surface area contributed by atoms with Gasteiger partial charge < -0.3 is 15.0 Å². The molecule has 0 spiro atoms. The summed E-state index contributed by atoms with van der Waals surface area (Å²) in [7, 11) is 1.96. The van der Waals surface area contributed by atoms with Crippen LogP contribution in [0.15, 0.2) is 36.7 Å². The summed E-state index contributed by atoms with van der Waals surface area (Å²) in [5.74, 6) is 1.71. The number of nitrogens with two attached hydrogens (primary N) is 1. The summed E-state index contributed by atoms with van der Waals surface area (Å²) in [5, 5.41) is 0. The highest BCUT2D eigenvalue weighted by Gasteiger charge is 2.26. The van der Waals surface area contributed by atoms with E-state index in [2.05, 4.69) is 4.98 Å². The highest BCUT2D eigenvalue weighted by Crippen LogP contribution is 2.26. The van der Waals surface area contributed by atoms with Crippen molar-refractivity contribution < 1.29 is 4.74 Å². The molecule has 1 aromatic carbocycles. The zero-order chi connectivity index (χ0) is 13.2. The van der Waals surface area contributed by atoms with E-state index >= 15 is 0 Å². The summed E-state index contributed by atoms with van der Waals surface area (Å²) in [5.41, 5.74) is 6.19. The first-order chi connectivity index (χ1) is 8.53. The Kier molecular flexibility index (Phi) is 3.39. The molecule has 1 heterocycles. The Labute approximate surface area is 107 Å². The number of hydrogen-bond acceptors (Lipinski definition) is 3. The van der Waals surface area contributed by atoms with Crippen molar-refractivity contribution in [3.63, 3.8) is 0 Å². The molecule has 0 saturated carbocycles. The molecule has 96 valence electrons. The number of imidazole rings is 1. The van der Waals surface area contributed by atoms with Gasteiger partial charge in [-0.15, -0.1) is 0 Å². The molecule has 4 heteroatoms. The maximum Gasteiger partial charge on any atom is 0.161 e. The standard InChI is InChI=1S/C14H19N3O/c1-14(2,13-16-8-9-17(13)3)18-12-6-4-11(10-15)5-7-12/h4-9H,10,15H2,1-3H3. The second-order valence-electron chi connectivity index (χ2n) is 4.82. The first-order valence-electron chi connectivity index (χ1n) is 5.99. The van der Waals surface area contributed by atoms with Gasteiger partial charge in [0.25, 0.3) is 0 Å². The molecule has 0 unspecified atom stereocenters. The van der Waals surface area contributed by atoms with Crippen LogP contribution in [0.3, 0.4) is 0 Å². The van der Waals surface area contributed by atoms with Crippen LogP contribution in [-0.4, -0.2) is 9.55 Å². The van der Waals surface area contributed by atoms with Gasteiger partial charge in [0.05, 0.1) is 0 Å². The van der Waals surface area contributed by atoms with Crippen molar-refractivity contribution in [3.8, 4) is 5.75 Å². The monoisotopic (exact) mass is 245 g/mol. The Bertz CT molecular complexity index is 514. The highest BCUT2D eigenvalue weighted by molar-refractivity contribution is 5.28. The van der Waals surface area contributed by atoms with Crippen molar-refractivity contribution in [1.29, 1.82) is 0 Å². The van der Waals surface area contributed by atoms with Crippen molar-refractivity contribution in [3.05, 3.63) is 48.0 Å². The lowest BCUT2D eigenvalue weighted by molar-refractivity contribution is 0.0953. The van der Waals surface area contributed by atoms with Gasteiger partial charge in [-0.1, -0.05) is 12.1 Å². The van der Waals surface area contributed by atoms with Gasteiger partial charge in [0, 0.05) is 26.0 Å². The van der Waals surface area contributed by atoms with Crippen LogP contribution in [0.2, 0.25) is 0 Å². The summed E-state index contributed by atoms with van der Waals surface area (Å²) >= 11 is 0. The normalized spacial score (nSPS) is 11.6. The molecule has 2 aromatic rings. The number of benzene rings is 1. The quantitative estimate of drug-likeness (QED) is 0.898. The van der Waals surface area contributed by atoms with E-state index in [1.54, 1.807) is 6.20 Å². The van der Waals surface area contributed by atoms with Crippen LogP contribution in [0.1, 0.15) is 25.2 Å².